The number of fused-ring (bicyclic) bond motifs is 1. The maximum atomic E-state index is 13.4. The lowest BCUT2D eigenvalue weighted by Crippen LogP contribution is -2.32. The molecule has 4 rings (SSSR count). The number of hydrogen-bond donors (Lipinski definition) is 1. The van der Waals surface area contributed by atoms with Crippen LogP contribution in [0.4, 0.5) is 0 Å². The third-order valence-electron chi connectivity index (χ3n) is 6.89. The summed E-state index contributed by atoms with van der Waals surface area (Å²) < 4.78 is 18.6. The monoisotopic (exact) mass is 521 g/mol. The molecule has 1 N–H and O–H groups in total. The zero-order valence-corrected chi connectivity index (χ0v) is 22.6. The smallest absolute Gasteiger partial charge is 0.295 e. The van der Waals surface area contributed by atoms with Crippen molar-refractivity contribution in [2.24, 2.45) is 0 Å². The summed E-state index contributed by atoms with van der Waals surface area (Å²) in [7, 11) is 3.07. The Morgan fingerprint density at radius 1 is 1.08 bits per heavy atom. The summed E-state index contributed by atoms with van der Waals surface area (Å²) in [4.78, 5) is 32.6. The lowest BCUT2D eigenvalue weighted by atomic mass is 9.96. The van der Waals surface area contributed by atoms with Crippen LogP contribution < -0.4 is 9.47 Å². The zero-order chi connectivity index (χ0) is 27.4. The van der Waals surface area contributed by atoms with Crippen molar-refractivity contribution < 1.29 is 28.9 Å². The number of methoxy groups -OCH3 is 2. The minimum Gasteiger partial charge on any atom is -0.505 e. The summed E-state index contributed by atoms with van der Waals surface area (Å²) in [5.41, 5.74) is 3.11. The number of unbranched alkanes of at least 4 members (excludes halogenated alkanes) is 2. The van der Waals surface area contributed by atoms with Gasteiger partial charge in [0.1, 0.15) is 11.3 Å². The Morgan fingerprint density at radius 3 is 2.55 bits per heavy atom. The molecule has 1 aliphatic heterocycles. The van der Waals surface area contributed by atoms with Crippen molar-refractivity contribution >= 4 is 23.1 Å². The Hall–Kier alpha value is -3.85. The number of pyridine rings is 1. The van der Waals surface area contributed by atoms with Crippen LogP contribution in [0.3, 0.4) is 0 Å². The summed E-state index contributed by atoms with van der Waals surface area (Å²) in [5.74, 6) is -0.725. The first-order valence-electron chi connectivity index (χ1n) is 12.9. The maximum Gasteiger partial charge on any atom is 0.295 e. The van der Waals surface area contributed by atoms with Crippen molar-refractivity contribution in [2.75, 3.05) is 34.0 Å². The van der Waals surface area contributed by atoms with E-state index < -0.39 is 17.7 Å². The van der Waals surface area contributed by atoms with Crippen molar-refractivity contribution in [3.63, 3.8) is 0 Å². The van der Waals surface area contributed by atoms with Crippen LogP contribution >= 0.6 is 0 Å². The summed E-state index contributed by atoms with van der Waals surface area (Å²) in [6.07, 6.45) is 4.93. The summed E-state index contributed by atoms with van der Waals surface area (Å²) in [6, 6.07) is 8.28. The minimum atomic E-state index is -0.849. The van der Waals surface area contributed by atoms with Gasteiger partial charge in [-0.25, -0.2) is 4.98 Å². The molecule has 9 heteroatoms. The molecule has 0 spiro atoms. The van der Waals surface area contributed by atoms with Crippen LogP contribution in [0.2, 0.25) is 0 Å². The molecule has 1 unspecified atom stereocenters. The number of likely N-dealkylation sites (tertiary alicyclic amines) is 1. The number of imidazole rings is 1. The summed E-state index contributed by atoms with van der Waals surface area (Å²) in [5, 5.41) is 11.5. The third kappa shape index (κ3) is 4.98. The molecule has 1 atom stereocenters. The first kappa shape index (κ1) is 27.2. The normalized spacial score (nSPS) is 17.0. The Morgan fingerprint density at radius 2 is 1.87 bits per heavy atom. The fraction of sp³-hybridized carbons (Fsp3) is 0.414. The molecule has 0 aliphatic carbocycles. The molecule has 1 saturated heterocycles. The van der Waals surface area contributed by atoms with Crippen molar-refractivity contribution in [1.82, 2.24) is 14.3 Å². The van der Waals surface area contributed by atoms with Crippen molar-refractivity contribution in [3.05, 3.63) is 64.6 Å². The van der Waals surface area contributed by atoms with E-state index >= 15 is 0 Å². The molecule has 2 aromatic heterocycles. The van der Waals surface area contributed by atoms with E-state index in [4.69, 9.17) is 14.2 Å². The van der Waals surface area contributed by atoms with Crippen LogP contribution in [-0.4, -0.2) is 65.1 Å². The van der Waals surface area contributed by atoms with E-state index in [2.05, 4.69) is 11.9 Å². The second-order valence-corrected chi connectivity index (χ2v) is 9.38. The average Bonchev–Trinajstić information content (AvgIpc) is 3.39. The number of ketones is 1. The van der Waals surface area contributed by atoms with Crippen LogP contribution in [0.25, 0.3) is 11.4 Å². The topological polar surface area (TPSA) is 103 Å². The molecule has 3 aromatic rings. The lowest BCUT2D eigenvalue weighted by molar-refractivity contribution is -0.140. The number of carbonyl (C=O) groups excluding carboxylic acids is 2. The molecule has 9 nitrogen and oxygen atoms in total. The zero-order valence-electron chi connectivity index (χ0n) is 22.6. The van der Waals surface area contributed by atoms with E-state index in [1.54, 1.807) is 25.3 Å². The van der Waals surface area contributed by atoms with Gasteiger partial charge in [0.2, 0.25) is 0 Å². The Balaban J connectivity index is 1.83. The predicted molar refractivity (Wildman–Crippen MR) is 144 cm³/mol. The van der Waals surface area contributed by atoms with E-state index in [1.807, 2.05) is 36.6 Å². The van der Waals surface area contributed by atoms with Crippen LogP contribution in [0.15, 0.2) is 42.1 Å². The first-order valence-corrected chi connectivity index (χ1v) is 12.9. The second kappa shape index (κ2) is 11.7. The highest BCUT2D eigenvalue weighted by atomic mass is 16.5. The number of aryl methyl sites for hydroxylation is 2. The molecule has 1 aromatic carbocycles. The second-order valence-electron chi connectivity index (χ2n) is 9.38. The Kier molecular flexibility index (Phi) is 8.36. The van der Waals surface area contributed by atoms with E-state index in [-0.39, 0.29) is 30.2 Å². The molecule has 38 heavy (non-hydrogen) atoms. The number of rotatable bonds is 11. The minimum absolute atomic E-state index is 0.0195. The van der Waals surface area contributed by atoms with E-state index in [0.29, 0.717) is 35.0 Å². The van der Waals surface area contributed by atoms with Gasteiger partial charge in [-0.3, -0.25) is 9.59 Å². The van der Waals surface area contributed by atoms with Crippen molar-refractivity contribution in [3.8, 4) is 11.5 Å². The van der Waals surface area contributed by atoms with Gasteiger partial charge >= 0.3 is 0 Å². The van der Waals surface area contributed by atoms with Crippen LogP contribution in [0, 0.1) is 13.8 Å². The molecule has 0 saturated carbocycles. The number of nitrogens with zero attached hydrogens (tertiary/aromatic N) is 3. The quantitative estimate of drug-likeness (QED) is 0.170. The van der Waals surface area contributed by atoms with Gasteiger partial charge in [-0.2, -0.15) is 0 Å². The maximum absolute atomic E-state index is 13.4. The van der Waals surface area contributed by atoms with Gasteiger partial charge in [0.15, 0.2) is 17.3 Å². The molecule has 202 valence electrons. The standard InChI is InChI=1S/C29H35N3O6/c1-6-7-8-15-38-21-12-11-20(17-22(21)37-5)25-23(27(34)29(35)32(25)14-16-36-4)26(33)24-19(3)31-13-9-10-18(2)28(31)30-24/h9-13,17,25,33H,6-8,14-16H2,1-5H3. The number of Topliss-reactive ketones (excluding diaryl/α,β-unsaturated/α-hetero) is 1. The number of aliphatic hydroxyl groups is 1. The highest BCUT2D eigenvalue weighted by molar-refractivity contribution is 6.46. The van der Waals surface area contributed by atoms with Gasteiger partial charge in [-0.15, -0.1) is 0 Å². The summed E-state index contributed by atoms with van der Waals surface area (Å²) in [6.45, 7) is 6.83. The van der Waals surface area contributed by atoms with Gasteiger partial charge in [0.25, 0.3) is 11.7 Å². The number of benzene rings is 1. The third-order valence-corrected chi connectivity index (χ3v) is 6.89. The van der Waals surface area contributed by atoms with Gasteiger partial charge in [0, 0.05) is 19.9 Å². The molecule has 1 aliphatic rings. The van der Waals surface area contributed by atoms with E-state index in [9.17, 15) is 14.7 Å². The molecule has 1 fully saturated rings. The predicted octanol–water partition coefficient (Wildman–Crippen LogP) is 4.60. The molecule has 3 heterocycles. The Bertz CT molecular complexity index is 1380. The van der Waals surface area contributed by atoms with Gasteiger partial charge in [-0.05, 0) is 49.6 Å². The summed E-state index contributed by atoms with van der Waals surface area (Å²) >= 11 is 0. The van der Waals surface area contributed by atoms with E-state index in [1.165, 1.54) is 12.0 Å². The van der Waals surface area contributed by atoms with Crippen LogP contribution in [0.1, 0.15) is 54.7 Å². The molecular formula is C29H35N3O6. The van der Waals surface area contributed by atoms with Gasteiger partial charge < -0.3 is 28.6 Å². The number of aliphatic hydroxyl groups excluding tert-OH is 1. The van der Waals surface area contributed by atoms with Crippen molar-refractivity contribution in [2.45, 2.75) is 46.1 Å². The van der Waals surface area contributed by atoms with Crippen LogP contribution in [-0.2, 0) is 14.3 Å². The number of amides is 1. The SMILES string of the molecule is CCCCCOc1ccc(C2C(=C(O)c3nc4c(C)cccn4c3C)C(=O)C(=O)N2CCOC)cc1OC. The molecule has 0 bridgehead atoms. The molecular weight excluding hydrogens is 486 g/mol. The van der Waals surface area contributed by atoms with Gasteiger partial charge in [-0.1, -0.05) is 31.9 Å². The number of aromatic nitrogens is 2. The Labute approximate surface area is 222 Å². The van der Waals surface area contributed by atoms with Crippen LogP contribution in [0.5, 0.6) is 11.5 Å². The highest BCUT2D eigenvalue weighted by Crippen LogP contribution is 2.42. The number of ether oxygens (including phenoxy) is 3. The number of hydrogen-bond acceptors (Lipinski definition) is 7. The van der Waals surface area contributed by atoms with Gasteiger partial charge in [0.05, 0.1) is 37.6 Å². The highest BCUT2D eigenvalue weighted by Gasteiger charge is 2.46. The average molecular weight is 522 g/mol. The van der Waals surface area contributed by atoms with E-state index in [0.717, 1.165) is 24.8 Å². The molecule has 1 amide bonds. The molecule has 0 radical (unpaired) electrons. The lowest BCUT2D eigenvalue weighted by Gasteiger charge is -2.25. The number of carbonyl (C=O) groups is 2. The fourth-order valence-corrected chi connectivity index (χ4v) is 4.83. The largest absolute Gasteiger partial charge is 0.505 e. The van der Waals surface area contributed by atoms with Crippen molar-refractivity contribution in [1.29, 1.82) is 0 Å². The fourth-order valence-electron chi connectivity index (χ4n) is 4.83. The first-order chi connectivity index (χ1) is 18.3.